The summed E-state index contributed by atoms with van der Waals surface area (Å²) >= 11 is 1.49. The zero-order valence-corrected chi connectivity index (χ0v) is 13.2. The Kier molecular flexibility index (Phi) is 5.07. The van der Waals surface area contributed by atoms with Gasteiger partial charge in [0, 0.05) is 23.7 Å². The summed E-state index contributed by atoms with van der Waals surface area (Å²) in [4.78, 5) is 30.3. The minimum absolute atomic E-state index is 0.0845. The summed E-state index contributed by atoms with van der Waals surface area (Å²) in [5.74, 6) is -0.0845. The number of hydrogen-bond donors (Lipinski definition) is 2. The fourth-order valence-corrected chi connectivity index (χ4v) is 2.82. The van der Waals surface area contributed by atoms with Crippen molar-refractivity contribution in [1.29, 1.82) is 5.26 Å². The van der Waals surface area contributed by atoms with Crippen LogP contribution in [0.1, 0.15) is 33.8 Å². The Hall–Kier alpha value is -2.46. The first-order chi connectivity index (χ1) is 10.5. The Labute approximate surface area is 131 Å². The first kappa shape index (κ1) is 15.9. The molecular weight excluding hydrogens is 300 g/mol. The van der Waals surface area contributed by atoms with E-state index >= 15 is 0 Å². The molecule has 2 aromatic rings. The highest BCUT2D eigenvalue weighted by atomic mass is 32.1. The highest BCUT2D eigenvalue weighted by molar-refractivity contribution is 7.09. The van der Waals surface area contributed by atoms with E-state index in [4.69, 9.17) is 5.26 Å². The van der Waals surface area contributed by atoms with Crippen LogP contribution in [0.15, 0.2) is 16.4 Å². The maximum Gasteiger partial charge on any atom is 0.266 e. The average Bonchev–Trinajstić information content (AvgIpc) is 2.98. The summed E-state index contributed by atoms with van der Waals surface area (Å²) < 4.78 is 0. The number of nitrogens with one attached hydrogen (secondary N) is 2. The van der Waals surface area contributed by atoms with Crippen molar-refractivity contribution in [2.24, 2.45) is 0 Å². The van der Waals surface area contributed by atoms with E-state index in [-0.39, 0.29) is 17.0 Å². The van der Waals surface area contributed by atoms with Crippen molar-refractivity contribution < 1.29 is 4.79 Å². The molecule has 0 aliphatic rings. The molecular formula is C15H16N4O2S. The summed E-state index contributed by atoms with van der Waals surface area (Å²) in [5, 5.41) is 14.6. The van der Waals surface area contributed by atoms with Crippen LogP contribution in [0.5, 0.6) is 0 Å². The molecule has 2 rings (SSSR count). The second kappa shape index (κ2) is 7.00. The Balaban J connectivity index is 2.01. The third-order valence-corrected chi connectivity index (χ3v) is 4.22. The lowest BCUT2D eigenvalue weighted by atomic mass is 9.99. The van der Waals surface area contributed by atoms with Gasteiger partial charge in [0.2, 0.25) is 5.91 Å². The lowest BCUT2D eigenvalue weighted by Crippen LogP contribution is -2.24. The Morgan fingerprint density at radius 2 is 2.27 bits per heavy atom. The molecule has 114 valence electrons. The molecule has 0 fully saturated rings. The van der Waals surface area contributed by atoms with E-state index in [1.54, 1.807) is 20.0 Å². The minimum Gasteiger partial charge on any atom is -0.350 e. The molecule has 0 aliphatic heterocycles. The molecule has 6 nitrogen and oxygen atoms in total. The highest BCUT2D eigenvalue weighted by Gasteiger charge is 2.13. The van der Waals surface area contributed by atoms with Gasteiger partial charge in [0.05, 0.1) is 6.54 Å². The average molecular weight is 316 g/mol. The third kappa shape index (κ3) is 3.59. The van der Waals surface area contributed by atoms with Crippen molar-refractivity contribution in [3.05, 3.63) is 49.3 Å². The molecule has 2 aromatic heterocycles. The van der Waals surface area contributed by atoms with Gasteiger partial charge in [0.15, 0.2) is 0 Å². The van der Waals surface area contributed by atoms with Crippen LogP contribution in [-0.4, -0.2) is 15.9 Å². The van der Waals surface area contributed by atoms with Crippen molar-refractivity contribution in [2.75, 3.05) is 0 Å². The maximum atomic E-state index is 11.9. The first-order valence-corrected chi connectivity index (χ1v) is 7.68. The number of pyridine rings is 1. The fourth-order valence-electron chi connectivity index (χ4n) is 2.26. The van der Waals surface area contributed by atoms with Gasteiger partial charge in [-0.05, 0) is 31.4 Å². The van der Waals surface area contributed by atoms with E-state index in [2.05, 4.69) is 15.3 Å². The van der Waals surface area contributed by atoms with Crippen molar-refractivity contribution in [3.8, 4) is 6.07 Å². The van der Waals surface area contributed by atoms with Crippen LogP contribution < -0.4 is 10.9 Å². The number of aromatic amines is 1. The molecule has 0 bridgehead atoms. The quantitative estimate of drug-likeness (QED) is 0.874. The molecule has 0 unspecified atom stereocenters. The van der Waals surface area contributed by atoms with Crippen LogP contribution in [0.4, 0.5) is 0 Å². The maximum absolute atomic E-state index is 11.9. The molecule has 0 spiro atoms. The molecule has 0 atom stereocenters. The number of carbonyl (C=O) groups is 1. The second-order valence-electron chi connectivity index (χ2n) is 4.87. The number of rotatable bonds is 5. The van der Waals surface area contributed by atoms with E-state index < -0.39 is 0 Å². The van der Waals surface area contributed by atoms with Gasteiger partial charge in [0.25, 0.3) is 5.56 Å². The summed E-state index contributed by atoms with van der Waals surface area (Å²) in [6.07, 6.45) is 2.47. The van der Waals surface area contributed by atoms with Crippen LogP contribution in [0.25, 0.3) is 0 Å². The molecule has 0 aliphatic carbocycles. The number of aromatic nitrogens is 2. The summed E-state index contributed by atoms with van der Waals surface area (Å²) in [5.41, 5.74) is 1.93. The van der Waals surface area contributed by atoms with Crippen LogP contribution in [0.2, 0.25) is 0 Å². The van der Waals surface area contributed by atoms with E-state index in [0.717, 1.165) is 10.6 Å². The normalized spacial score (nSPS) is 10.2. The molecule has 0 aromatic carbocycles. The Bertz CT molecular complexity index is 772. The number of hydrogen-bond acceptors (Lipinski definition) is 5. The standard InChI is InChI=1S/C15H16N4O2S/c1-9-11(10(2)19-15(21)12(9)7-16)3-4-13(20)18-8-14-17-5-6-22-14/h5-6H,3-4,8H2,1-2H3,(H,18,20)(H,19,21). The molecule has 0 saturated carbocycles. The lowest BCUT2D eigenvalue weighted by molar-refractivity contribution is -0.121. The number of thiazole rings is 1. The summed E-state index contributed by atoms with van der Waals surface area (Å²) in [6.45, 7) is 3.94. The Morgan fingerprint density at radius 3 is 2.91 bits per heavy atom. The van der Waals surface area contributed by atoms with Crippen molar-refractivity contribution in [3.63, 3.8) is 0 Å². The first-order valence-electron chi connectivity index (χ1n) is 6.80. The van der Waals surface area contributed by atoms with Crippen molar-refractivity contribution in [1.82, 2.24) is 15.3 Å². The molecule has 7 heteroatoms. The fraction of sp³-hybridized carbons (Fsp3) is 0.333. The minimum atomic E-state index is -0.380. The van der Waals surface area contributed by atoms with E-state index in [0.29, 0.717) is 30.6 Å². The number of H-pyrrole nitrogens is 1. The van der Waals surface area contributed by atoms with Crippen LogP contribution in [0, 0.1) is 25.2 Å². The number of aryl methyl sites for hydroxylation is 1. The smallest absolute Gasteiger partial charge is 0.266 e. The van der Waals surface area contributed by atoms with Gasteiger partial charge in [-0.15, -0.1) is 11.3 Å². The van der Waals surface area contributed by atoms with E-state index in [1.165, 1.54) is 11.3 Å². The largest absolute Gasteiger partial charge is 0.350 e. The predicted octanol–water partition coefficient (Wildman–Crippen LogP) is 1.57. The molecule has 0 radical (unpaired) electrons. The number of carbonyl (C=O) groups excluding carboxylic acids is 1. The summed E-state index contributed by atoms with van der Waals surface area (Å²) in [7, 11) is 0. The topological polar surface area (TPSA) is 98.6 Å². The monoisotopic (exact) mass is 316 g/mol. The SMILES string of the molecule is Cc1[nH]c(=O)c(C#N)c(C)c1CCC(=O)NCc1nccs1. The van der Waals surface area contributed by atoms with Crippen LogP contribution in [-0.2, 0) is 17.8 Å². The van der Waals surface area contributed by atoms with Crippen LogP contribution >= 0.6 is 11.3 Å². The zero-order valence-electron chi connectivity index (χ0n) is 12.4. The zero-order chi connectivity index (χ0) is 16.1. The number of amides is 1. The molecule has 2 heterocycles. The highest BCUT2D eigenvalue weighted by Crippen LogP contribution is 2.15. The molecule has 0 saturated heterocycles. The van der Waals surface area contributed by atoms with Crippen LogP contribution in [0.3, 0.4) is 0 Å². The summed E-state index contributed by atoms with van der Waals surface area (Å²) in [6, 6.07) is 1.91. The van der Waals surface area contributed by atoms with Gasteiger partial charge in [-0.3, -0.25) is 9.59 Å². The predicted molar refractivity (Wildman–Crippen MR) is 83.5 cm³/mol. The second-order valence-corrected chi connectivity index (χ2v) is 5.85. The molecule has 2 N–H and O–H groups in total. The van der Waals surface area contributed by atoms with Crippen molar-refractivity contribution in [2.45, 2.75) is 33.2 Å². The van der Waals surface area contributed by atoms with Crippen molar-refractivity contribution >= 4 is 17.2 Å². The van der Waals surface area contributed by atoms with Gasteiger partial charge < -0.3 is 10.3 Å². The molecule has 22 heavy (non-hydrogen) atoms. The van der Waals surface area contributed by atoms with Gasteiger partial charge in [-0.25, -0.2) is 4.98 Å². The Morgan fingerprint density at radius 1 is 1.50 bits per heavy atom. The van der Waals surface area contributed by atoms with E-state index in [9.17, 15) is 9.59 Å². The van der Waals surface area contributed by atoms with Gasteiger partial charge in [0.1, 0.15) is 16.6 Å². The van der Waals surface area contributed by atoms with Gasteiger partial charge in [-0.1, -0.05) is 0 Å². The molecule has 1 amide bonds. The third-order valence-electron chi connectivity index (χ3n) is 3.44. The van der Waals surface area contributed by atoms with Gasteiger partial charge >= 0.3 is 0 Å². The number of nitrogens with zero attached hydrogens (tertiary/aromatic N) is 2. The lowest BCUT2D eigenvalue weighted by Gasteiger charge is -2.10. The van der Waals surface area contributed by atoms with E-state index in [1.807, 2.05) is 11.4 Å². The van der Waals surface area contributed by atoms with Gasteiger partial charge in [-0.2, -0.15) is 5.26 Å². The number of nitriles is 1.